The average Bonchev–Trinajstić information content (AvgIpc) is 3.09. The summed E-state index contributed by atoms with van der Waals surface area (Å²) in [6.45, 7) is -0.874. The van der Waals surface area contributed by atoms with E-state index in [4.69, 9.17) is 14.2 Å². The molecule has 0 fully saturated rings. The average molecular weight is 527 g/mol. The van der Waals surface area contributed by atoms with E-state index in [2.05, 4.69) is 5.32 Å². The zero-order valence-electron chi connectivity index (χ0n) is 20.0. The molecule has 8 nitrogen and oxygen atoms in total. The minimum Gasteiger partial charge on any atom is -0.493 e. The number of carbonyl (C=O) groups excluding carboxylic acids is 2. The van der Waals surface area contributed by atoms with Gasteiger partial charge in [0.05, 0.1) is 38.8 Å². The molecule has 194 valence electrons. The molecule has 3 rings (SSSR count). The summed E-state index contributed by atoms with van der Waals surface area (Å²) in [5.74, 6) is -1.89. The highest BCUT2D eigenvalue weighted by atomic mass is 32.2. The molecule has 0 radical (unpaired) electrons. The van der Waals surface area contributed by atoms with Crippen LogP contribution in [0.25, 0.3) is 11.1 Å². The van der Waals surface area contributed by atoms with Crippen LogP contribution in [0.4, 0.5) is 13.2 Å². The van der Waals surface area contributed by atoms with Gasteiger partial charge in [0, 0.05) is 5.56 Å². The summed E-state index contributed by atoms with van der Waals surface area (Å²) in [7, 11) is 4.43. The van der Waals surface area contributed by atoms with Crippen molar-refractivity contribution in [3.8, 4) is 28.4 Å². The number of alkyl halides is 3. The maximum atomic E-state index is 12.9. The lowest BCUT2D eigenvalue weighted by Crippen LogP contribution is -2.43. The van der Waals surface area contributed by atoms with Crippen molar-refractivity contribution in [1.82, 2.24) is 10.6 Å². The van der Waals surface area contributed by atoms with Gasteiger partial charge in [0.15, 0.2) is 16.9 Å². The Hall–Kier alpha value is -3.41. The smallest absolute Gasteiger partial charge is 0.471 e. The minimum absolute atomic E-state index is 0.281. The Bertz CT molecular complexity index is 1240. The molecule has 36 heavy (non-hydrogen) atoms. The van der Waals surface area contributed by atoms with Crippen LogP contribution in [-0.2, 0) is 16.0 Å². The molecular weight excluding hydrogens is 501 g/mol. The predicted molar refractivity (Wildman–Crippen MR) is 128 cm³/mol. The Balaban J connectivity index is 2.13. The molecule has 0 heterocycles. The number of amides is 2. The summed E-state index contributed by atoms with van der Waals surface area (Å²) in [4.78, 5) is 37.0. The van der Waals surface area contributed by atoms with Gasteiger partial charge < -0.3 is 24.8 Å². The van der Waals surface area contributed by atoms with E-state index in [9.17, 15) is 27.6 Å². The first-order valence-electron chi connectivity index (χ1n) is 10.7. The Morgan fingerprint density at radius 1 is 1.08 bits per heavy atom. The van der Waals surface area contributed by atoms with E-state index in [1.54, 1.807) is 29.8 Å². The molecular formula is C24H25F3N2O6S. The number of aryl methyl sites for hydroxylation is 1. The molecule has 2 amide bonds. The highest BCUT2D eigenvalue weighted by molar-refractivity contribution is 7.98. The third-order valence-corrected chi connectivity index (χ3v) is 6.50. The quantitative estimate of drug-likeness (QED) is 0.534. The van der Waals surface area contributed by atoms with Crippen molar-refractivity contribution in [3.05, 3.63) is 45.6 Å². The zero-order chi connectivity index (χ0) is 26.6. The van der Waals surface area contributed by atoms with Crippen LogP contribution >= 0.6 is 11.8 Å². The number of carbonyl (C=O) groups is 2. The van der Waals surface area contributed by atoms with E-state index in [-0.39, 0.29) is 5.43 Å². The van der Waals surface area contributed by atoms with E-state index in [1.807, 2.05) is 0 Å². The van der Waals surface area contributed by atoms with Crippen LogP contribution in [-0.4, -0.2) is 52.1 Å². The largest absolute Gasteiger partial charge is 0.493 e. The molecule has 1 atom stereocenters. The topological polar surface area (TPSA) is 103 Å². The number of hydrogen-bond donors (Lipinski definition) is 2. The first-order chi connectivity index (χ1) is 17.0. The second-order valence-corrected chi connectivity index (χ2v) is 8.65. The second kappa shape index (κ2) is 11.1. The van der Waals surface area contributed by atoms with Crippen LogP contribution in [0.5, 0.6) is 17.2 Å². The molecule has 1 aliphatic carbocycles. The summed E-state index contributed by atoms with van der Waals surface area (Å²) >= 11 is 1.26. The number of nitrogens with one attached hydrogen (secondary N) is 2. The van der Waals surface area contributed by atoms with Crippen LogP contribution in [0.15, 0.2) is 34.0 Å². The Morgan fingerprint density at radius 3 is 2.36 bits per heavy atom. The normalized spacial score (nSPS) is 14.6. The van der Waals surface area contributed by atoms with Crippen molar-refractivity contribution in [2.24, 2.45) is 0 Å². The van der Waals surface area contributed by atoms with Crippen LogP contribution < -0.4 is 30.3 Å². The molecule has 0 unspecified atom stereocenters. The second-order valence-electron chi connectivity index (χ2n) is 7.80. The molecule has 0 aromatic heterocycles. The van der Waals surface area contributed by atoms with Crippen LogP contribution in [0.1, 0.15) is 23.6 Å². The van der Waals surface area contributed by atoms with E-state index >= 15 is 0 Å². The van der Waals surface area contributed by atoms with Gasteiger partial charge in [-0.25, -0.2) is 0 Å². The van der Waals surface area contributed by atoms with Crippen molar-refractivity contribution in [1.29, 1.82) is 0 Å². The minimum atomic E-state index is -5.11. The molecule has 0 aliphatic heterocycles. The number of ether oxygens (including phenoxy) is 3. The number of methoxy groups -OCH3 is 3. The highest BCUT2D eigenvalue weighted by Gasteiger charge is 2.38. The number of thioether (sulfide) groups is 1. The lowest BCUT2D eigenvalue weighted by atomic mass is 9.95. The summed E-state index contributed by atoms with van der Waals surface area (Å²) in [6, 6.07) is 5.87. The van der Waals surface area contributed by atoms with Gasteiger partial charge in [-0.2, -0.15) is 13.2 Å². The van der Waals surface area contributed by atoms with Crippen LogP contribution in [0.2, 0.25) is 0 Å². The van der Waals surface area contributed by atoms with Gasteiger partial charge in [0.2, 0.25) is 11.7 Å². The van der Waals surface area contributed by atoms with Crippen molar-refractivity contribution in [2.45, 2.75) is 30.0 Å². The fraction of sp³-hybridized carbons (Fsp3) is 0.375. The summed E-state index contributed by atoms with van der Waals surface area (Å²) < 4.78 is 54.2. The lowest BCUT2D eigenvalue weighted by Gasteiger charge is -2.20. The summed E-state index contributed by atoms with van der Waals surface area (Å²) in [5, 5.41) is 4.22. The lowest BCUT2D eigenvalue weighted by molar-refractivity contribution is -0.173. The van der Waals surface area contributed by atoms with Crippen LogP contribution in [0.3, 0.4) is 0 Å². The molecule has 2 aromatic carbocycles. The van der Waals surface area contributed by atoms with E-state index in [0.717, 1.165) is 5.56 Å². The highest BCUT2D eigenvalue weighted by Crippen LogP contribution is 2.50. The fourth-order valence-corrected chi connectivity index (χ4v) is 4.59. The molecule has 0 spiro atoms. The van der Waals surface area contributed by atoms with Crippen LogP contribution in [0, 0.1) is 0 Å². The fourth-order valence-electron chi connectivity index (χ4n) is 4.12. The number of halogens is 3. The predicted octanol–water partition coefficient (Wildman–Crippen LogP) is 3.24. The standard InChI is InChI=1S/C24H25F3N2O6S/c1-33-17-9-12-5-7-15(29-19(31)11-28-23(32)24(25,26)27)14-10-16(30)18(36-4)8-6-13(14)20(12)22(35-3)21(17)34-2/h6,8-10,15H,5,7,11H2,1-4H3,(H,28,32)(H,29,31)/t15-/m0/s1. The van der Waals surface area contributed by atoms with Crippen molar-refractivity contribution in [3.63, 3.8) is 0 Å². The van der Waals surface area contributed by atoms with Crippen molar-refractivity contribution in [2.75, 3.05) is 34.1 Å². The van der Waals surface area contributed by atoms with Gasteiger partial charge in [0.25, 0.3) is 0 Å². The van der Waals surface area contributed by atoms with Gasteiger partial charge in [-0.15, -0.1) is 11.8 Å². The molecule has 1 aliphatic rings. The molecule has 2 aromatic rings. The third kappa shape index (κ3) is 5.53. The van der Waals surface area contributed by atoms with Gasteiger partial charge in [-0.3, -0.25) is 14.4 Å². The molecule has 0 saturated carbocycles. The van der Waals surface area contributed by atoms with E-state index in [0.29, 0.717) is 51.7 Å². The number of hydrogen-bond acceptors (Lipinski definition) is 7. The number of fused-ring (bicyclic) bond motifs is 3. The Kier molecular flexibility index (Phi) is 8.39. The van der Waals surface area contributed by atoms with Crippen molar-refractivity contribution < 1.29 is 37.0 Å². The number of benzene rings is 1. The van der Waals surface area contributed by atoms with Crippen molar-refractivity contribution >= 4 is 23.6 Å². The first-order valence-corrected chi connectivity index (χ1v) is 12.0. The monoisotopic (exact) mass is 526 g/mol. The van der Waals surface area contributed by atoms with E-state index < -0.39 is 30.6 Å². The van der Waals surface area contributed by atoms with Gasteiger partial charge in [-0.05, 0) is 54.0 Å². The molecule has 2 N–H and O–H groups in total. The third-order valence-electron chi connectivity index (χ3n) is 5.72. The molecule has 0 saturated heterocycles. The Labute approximate surface area is 209 Å². The summed E-state index contributed by atoms with van der Waals surface area (Å²) in [5.41, 5.74) is 2.21. The maximum Gasteiger partial charge on any atom is 0.471 e. The number of rotatable bonds is 7. The summed E-state index contributed by atoms with van der Waals surface area (Å²) in [6.07, 6.45) is -2.62. The first kappa shape index (κ1) is 27.2. The Morgan fingerprint density at radius 2 is 1.78 bits per heavy atom. The van der Waals surface area contributed by atoms with Gasteiger partial charge in [0.1, 0.15) is 0 Å². The van der Waals surface area contributed by atoms with Gasteiger partial charge in [-0.1, -0.05) is 6.07 Å². The zero-order valence-corrected chi connectivity index (χ0v) is 20.8. The maximum absolute atomic E-state index is 12.9. The van der Waals surface area contributed by atoms with Gasteiger partial charge >= 0.3 is 12.1 Å². The van der Waals surface area contributed by atoms with E-state index in [1.165, 1.54) is 39.2 Å². The SMILES string of the molecule is COc1cc2c(c(OC)c1OC)-c1ccc(SC)c(=O)cc1[C@@H](NC(=O)CNC(=O)C(F)(F)F)CC2. The molecule has 0 bridgehead atoms. The molecule has 12 heteroatoms.